The summed E-state index contributed by atoms with van der Waals surface area (Å²) in [5.74, 6) is 0.710. The molecule has 3 heteroatoms. The Bertz CT molecular complexity index is 234. The first-order chi connectivity index (χ1) is 8.28. The molecule has 1 saturated heterocycles. The standard InChI is InChI=1S/C15H33N3/c1-13(10-16-15(2,3)4)11-18(6)14-8-7-9-17(5)12-14/h13-14,16H,7-12H2,1-6H3. The van der Waals surface area contributed by atoms with E-state index in [-0.39, 0.29) is 5.54 Å². The van der Waals surface area contributed by atoms with Gasteiger partial charge in [0.2, 0.25) is 0 Å². The summed E-state index contributed by atoms with van der Waals surface area (Å²) in [5.41, 5.74) is 0.234. The van der Waals surface area contributed by atoms with Crippen LogP contribution in [0.5, 0.6) is 0 Å². The highest BCUT2D eigenvalue weighted by molar-refractivity contribution is 4.79. The second kappa shape index (κ2) is 6.88. The Kier molecular flexibility index (Phi) is 6.09. The summed E-state index contributed by atoms with van der Waals surface area (Å²) < 4.78 is 0. The van der Waals surface area contributed by atoms with Gasteiger partial charge in [0.25, 0.3) is 0 Å². The predicted octanol–water partition coefficient (Wildman–Crippen LogP) is 2.04. The van der Waals surface area contributed by atoms with Crippen LogP contribution in [0.15, 0.2) is 0 Å². The lowest BCUT2D eigenvalue weighted by atomic mass is 10.0. The summed E-state index contributed by atoms with van der Waals surface area (Å²) in [6.07, 6.45) is 2.71. The summed E-state index contributed by atoms with van der Waals surface area (Å²) >= 11 is 0. The van der Waals surface area contributed by atoms with Gasteiger partial charge in [0.15, 0.2) is 0 Å². The third-order valence-electron chi connectivity index (χ3n) is 3.80. The second-order valence-corrected chi connectivity index (χ2v) is 7.23. The molecule has 0 aliphatic carbocycles. The van der Waals surface area contributed by atoms with Gasteiger partial charge in [-0.25, -0.2) is 0 Å². The average molecular weight is 255 g/mol. The predicted molar refractivity (Wildman–Crippen MR) is 80.1 cm³/mol. The Morgan fingerprint density at radius 1 is 1.39 bits per heavy atom. The minimum Gasteiger partial charge on any atom is -0.312 e. The van der Waals surface area contributed by atoms with Gasteiger partial charge >= 0.3 is 0 Å². The van der Waals surface area contributed by atoms with Gasteiger partial charge in [-0.05, 0) is 66.7 Å². The normalized spacial score (nSPS) is 24.5. The van der Waals surface area contributed by atoms with E-state index in [2.05, 4.69) is 56.9 Å². The Balaban J connectivity index is 2.28. The fraction of sp³-hybridized carbons (Fsp3) is 1.00. The molecule has 0 saturated carbocycles. The maximum atomic E-state index is 3.60. The maximum absolute atomic E-state index is 3.60. The fourth-order valence-electron chi connectivity index (χ4n) is 2.68. The molecule has 0 aromatic rings. The van der Waals surface area contributed by atoms with Crippen molar-refractivity contribution in [2.75, 3.05) is 40.3 Å². The fourth-order valence-corrected chi connectivity index (χ4v) is 2.68. The van der Waals surface area contributed by atoms with Crippen molar-refractivity contribution < 1.29 is 0 Å². The largest absolute Gasteiger partial charge is 0.312 e. The lowest BCUT2D eigenvalue weighted by Crippen LogP contribution is -2.47. The van der Waals surface area contributed by atoms with Crippen LogP contribution in [0, 0.1) is 5.92 Å². The van der Waals surface area contributed by atoms with Crippen molar-refractivity contribution in [3.63, 3.8) is 0 Å². The quantitative estimate of drug-likeness (QED) is 0.811. The molecular formula is C15H33N3. The molecule has 1 rings (SSSR count). The van der Waals surface area contributed by atoms with Crippen LogP contribution in [0.3, 0.4) is 0 Å². The molecule has 0 radical (unpaired) electrons. The van der Waals surface area contributed by atoms with Gasteiger partial charge in [-0.2, -0.15) is 0 Å². The monoisotopic (exact) mass is 255 g/mol. The maximum Gasteiger partial charge on any atom is 0.0220 e. The van der Waals surface area contributed by atoms with Crippen LogP contribution >= 0.6 is 0 Å². The van der Waals surface area contributed by atoms with Gasteiger partial charge in [-0.1, -0.05) is 6.92 Å². The van der Waals surface area contributed by atoms with E-state index in [1.165, 1.54) is 32.5 Å². The molecule has 2 unspecified atom stereocenters. The van der Waals surface area contributed by atoms with E-state index in [9.17, 15) is 0 Å². The SMILES string of the molecule is CC(CNC(C)(C)C)CN(C)C1CCCN(C)C1. The number of likely N-dealkylation sites (N-methyl/N-ethyl adjacent to an activating group) is 2. The van der Waals surface area contributed by atoms with E-state index in [1.54, 1.807) is 0 Å². The Morgan fingerprint density at radius 3 is 2.61 bits per heavy atom. The summed E-state index contributed by atoms with van der Waals surface area (Å²) in [7, 11) is 4.53. The number of hydrogen-bond donors (Lipinski definition) is 1. The molecule has 1 N–H and O–H groups in total. The summed E-state index contributed by atoms with van der Waals surface area (Å²) in [6.45, 7) is 13.9. The van der Waals surface area contributed by atoms with Crippen molar-refractivity contribution in [3.8, 4) is 0 Å². The first-order valence-electron chi connectivity index (χ1n) is 7.42. The van der Waals surface area contributed by atoms with Crippen LogP contribution in [0.4, 0.5) is 0 Å². The van der Waals surface area contributed by atoms with E-state index >= 15 is 0 Å². The highest BCUT2D eigenvalue weighted by Crippen LogP contribution is 2.14. The smallest absolute Gasteiger partial charge is 0.0220 e. The van der Waals surface area contributed by atoms with Gasteiger partial charge in [0.1, 0.15) is 0 Å². The van der Waals surface area contributed by atoms with Crippen LogP contribution < -0.4 is 5.32 Å². The first kappa shape index (κ1) is 15.9. The number of hydrogen-bond acceptors (Lipinski definition) is 3. The Hall–Kier alpha value is -0.120. The van der Waals surface area contributed by atoms with Crippen molar-refractivity contribution in [2.45, 2.75) is 52.1 Å². The van der Waals surface area contributed by atoms with E-state index in [1.807, 2.05) is 0 Å². The molecule has 0 bridgehead atoms. The highest BCUT2D eigenvalue weighted by Gasteiger charge is 2.22. The number of rotatable bonds is 5. The van der Waals surface area contributed by atoms with E-state index < -0.39 is 0 Å². The van der Waals surface area contributed by atoms with Gasteiger partial charge in [0.05, 0.1) is 0 Å². The summed E-state index contributed by atoms with van der Waals surface area (Å²) in [5, 5.41) is 3.60. The van der Waals surface area contributed by atoms with Crippen LogP contribution in [-0.2, 0) is 0 Å². The molecule has 0 aromatic carbocycles. The number of piperidine rings is 1. The molecule has 1 heterocycles. The van der Waals surface area contributed by atoms with Crippen molar-refractivity contribution in [1.29, 1.82) is 0 Å². The van der Waals surface area contributed by atoms with Gasteiger partial charge in [0, 0.05) is 24.7 Å². The minimum atomic E-state index is 0.234. The minimum absolute atomic E-state index is 0.234. The van der Waals surface area contributed by atoms with E-state index in [0.29, 0.717) is 5.92 Å². The lowest BCUT2D eigenvalue weighted by molar-refractivity contribution is 0.121. The summed E-state index contributed by atoms with van der Waals surface area (Å²) in [4.78, 5) is 5.02. The van der Waals surface area contributed by atoms with Crippen molar-refractivity contribution >= 4 is 0 Å². The van der Waals surface area contributed by atoms with Crippen LogP contribution in [0.2, 0.25) is 0 Å². The molecule has 0 spiro atoms. The van der Waals surface area contributed by atoms with Crippen LogP contribution in [-0.4, -0.2) is 61.7 Å². The highest BCUT2D eigenvalue weighted by atomic mass is 15.2. The van der Waals surface area contributed by atoms with Crippen molar-refractivity contribution in [1.82, 2.24) is 15.1 Å². The Morgan fingerprint density at radius 2 is 2.06 bits per heavy atom. The van der Waals surface area contributed by atoms with E-state index in [4.69, 9.17) is 0 Å². The zero-order valence-corrected chi connectivity index (χ0v) is 13.3. The summed E-state index contributed by atoms with van der Waals surface area (Å²) in [6, 6.07) is 0.751. The van der Waals surface area contributed by atoms with Crippen molar-refractivity contribution in [3.05, 3.63) is 0 Å². The average Bonchev–Trinajstić information content (AvgIpc) is 2.25. The number of nitrogens with one attached hydrogen (secondary N) is 1. The van der Waals surface area contributed by atoms with Gasteiger partial charge < -0.3 is 15.1 Å². The number of likely N-dealkylation sites (tertiary alicyclic amines) is 1. The molecule has 108 valence electrons. The van der Waals surface area contributed by atoms with Crippen molar-refractivity contribution in [2.24, 2.45) is 5.92 Å². The molecule has 1 fully saturated rings. The Labute approximate surface area is 114 Å². The first-order valence-corrected chi connectivity index (χ1v) is 7.42. The molecule has 0 amide bonds. The molecule has 1 aliphatic rings. The molecule has 18 heavy (non-hydrogen) atoms. The number of nitrogens with zero attached hydrogens (tertiary/aromatic N) is 2. The zero-order chi connectivity index (χ0) is 13.8. The lowest BCUT2D eigenvalue weighted by Gasteiger charge is -2.37. The topological polar surface area (TPSA) is 18.5 Å². The van der Waals surface area contributed by atoms with Crippen LogP contribution in [0.25, 0.3) is 0 Å². The van der Waals surface area contributed by atoms with Gasteiger partial charge in [-0.15, -0.1) is 0 Å². The second-order valence-electron chi connectivity index (χ2n) is 7.23. The molecule has 1 aliphatic heterocycles. The van der Waals surface area contributed by atoms with Gasteiger partial charge in [-0.3, -0.25) is 0 Å². The molecule has 2 atom stereocenters. The molecular weight excluding hydrogens is 222 g/mol. The van der Waals surface area contributed by atoms with E-state index in [0.717, 1.165) is 12.6 Å². The molecule has 0 aromatic heterocycles. The third-order valence-corrected chi connectivity index (χ3v) is 3.80. The third kappa shape index (κ3) is 6.17. The zero-order valence-electron chi connectivity index (χ0n) is 13.3. The molecule has 3 nitrogen and oxygen atoms in total. The van der Waals surface area contributed by atoms with Crippen LogP contribution in [0.1, 0.15) is 40.5 Å².